The van der Waals surface area contributed by atoms with Gasteiger partial charge in [-0.05, 0) is 25.2 Å². The minimum Gasteiger partial charge on any atom is -0.370 e. The van der Waals surface area contributed by atoms with Gasteiger partial charge in [-0.3, -0.25) is 5.41 Å². The molecule has 0 aliphatic carbocycles. The van der Waals surface area contributed by atoms with Crippen LogP contribution in [0.15, 0.2) is 0 Å². The van der Waals surface area contributed by atoms with Crippen molar-refractivity contribution in [3.8, 4) is 0 Å². The van der Waals surface area contributed by atoms with Crippen LogP contribution in [0.4, 0.5) is 0 Å². The van der Waals surface area contributed by atoms with Crippen LogP contribution >= 0.6 is 0 Å². The maximum atomic E-state index is 7.47. The molecule has 120 valence electrons. The van der Waals surface area contributed by atoms with E-state index in [2.05, 4.69) is 46.9 Å². The standard InChI is InChI=1S/C17H37N3/c1-7-8-9-10-11-12-13-14(2)16(3,4)17(5,6)20-15(18)19/h14H,7-13H2,1-6H3,(H4,18,19,20). The van der Waals surface area contributed by atoms with Crippen molar-refractivity contribution in [1.29, 1.82) is 5.41 Å². The van der Waals surface area contributed by atoms with Gasteiger partial charge in [0.25, 0.3) is 0 Å². The van der Waals surface area contributed by atoms with E-state index in [1.165, 1.54) is 44.9 Å². The van der Waals surface area contributed by atoms with Crippen molar-refractivity contribution in [3.63, 3.8) is 0 Å². The van der Waals surface area contributed by atoms with E-state index in [0.717, 1.165) is 0 Å². The summed E-state index contributed by atoms with van der Waals surface area (Å²) in [6, 6.07) is 0. The van der Waals surface area contributed by atoms with Crippen molar-refractivity contribution >= 4 is 5.96 Å². The van der Waals surface area contributed by atoms with Gasteiger partial charge < -0.3 is 11.1 Å². The Hall–Kier alpha value is -0.730. The predicted molar refractivity (Wildman–Crippen MR) is 90.1 cm³/mol. The summed E-state index contributed by atoms with van der Waals surface area (Å²) in [7, 11) is 0. The maximum Gasteiger partial charge on any atom is 0.186 e. The van der Waals surface area contributed by atoms with E-state index in [9.17, 15) is 0 Å². The first-order valence-electron chi connectivity index (χ1n) is 8.27. The van der Waals surface area contributed by atoms with Gasteiger partial charge in [0, 0.05) is 5.54 Å². The first-order chi connectivity index (χ1) is 9.15. The Kier molecular flexibility index (Phi) is 8.22. The van der Waals surface area contributed by atoms with Crippen molar-refractivity contribution in [3.05, 3.63) is 0 Å². The van der Waals surface area contributed by atoms with Gasteiger partial charge in [-0.15, -0.1) is 0 Å². The molecule has 0 amide bonds. The van der Waals surface area contributed by atoms with E-state index >= 15 is 0 Å². The molecule has 3 nitrogen and oxygen atoms in total. The molecule has 1 unspecified atom stereocenters. The number of hydrogen-bond acceptors (Lipinski definition) is 1. The molecule has 0 aromatic rings. The van der Waals surface area contributed by atoms with Crippen LogP contribution in [0.2, 0.25) is 0 Å². The van der Waals surface area contributed by atoms with E-state index in [4.69, 9.17) is 11.1 Å². The maximum absolute atomic E-state index is 7.47. The van der Waals surface area contributed by atoms with Crippen LogP contribution in [0.3, 0.4) is 0 Å². The molecule has 1 atom stereocenters. The molecule has 0 aliphatic rings. The van der Waals surface area contributed by atoms with Gasteiger partial charge in [0.2, 0.25) is 0 Å². The van der Waals surface area contributed by atoms with Crippen LogP contribution in [0.25, 0.3) is 0 Å². The molecule has 0 bridgehead atoms. The van der Waals surface area contributed by atoms with Crippen molar-refractivity contribution in [2.24, 2.45) is 17.1 Å². The van der Waals surface area contributed by atoms with Gasteiger partial charge in [0.05, 0.1) is 0 Å². The molecule has 0 radical (unpaired) electrons. The smallest absolute Gasteiger partial charge is 0.186 e. The van der Waals surface area contributed by atoms with Crippen LogP contribution < -0.4 is 11.1 Å². The molecule has 0 rings (SSSR count). The molecule has 0 saturated heterocycles. The lowest BCUT2D eigenvalue weighted by molar-refractivity contribution is 0.0948. The number of nitrogens with one attached hydrogen (secondary N) is 2. The minimum absolute atomic E-state index is 0.0647. The quantitative estimate of drug-likeness (QED) is 0.310. The van der Waals surface area contributed by atoms with E-state index in [0.29, 0.717) is 5.92 Å². The molecule has 0 aromatic heterocycles. The second-order valence-corrected chi connectivity index (χ2v) is 7.34. The highest BCUT2D eigenvalue weighted by Gasteiger charge is 2.41. The third kappa shape index (κ3) is 6.15. The Morgan fingerprint density at radius 1 is 1.05 bits per heavy atom. The van der Waals surface area contributed by atoms with Gasteiger partial charge in [0.1, 0.15) is 0 Å². The Morgan fingerprint density at radius 2 is 1.55 bits per heavy atom. The third-order valence-electron chi connectivity index (χ3n) is 5.28. The monoisotopic (exact) mass is 283 g/mol. The summed E-state index contributed by atoms with van der Waals surface area (Å²) in [5, 5.41) is 10.6. The predicted octanol–water partition coefficient (Wildman–Crippen LogP) is 4.66. The molecule has 0 spiro atoms. The molecular weight excluding hydrogens is 246 g/mol. The molecule has 0 heterocycles. The lowest BCUT2D eigenvalue weighted by atomic mass is 9.65. The highest BCUT2D eigenvalue weighted by molar-refractivity contribution is 5.75. The van der Waals surface area contributed by atoms with Crippen LogP contribution in [-0.2, 0) is 0 Å². The zero-order chi connectivity index (χ0) is 15.8. The topological polar surface area (TPSA) is 61.9 Å². The molecule has 0 aliphatic heterocycles. The molecule has 0 saturated carbocycles. The summed E-state index contributed by atoms with van der Waals surface area (Å²) >= 11 is 0. The highest BCUT2D eigenvalue weighted by Crippen LogP contribution is 2.40. The molecule has 0 fully saturated rings. The lowest BCUT2D eigenvalue weighted by Crippen LogP contribution is -2.57. The molecule has 0 aromatic carbocycles. The number of unbranched alkanes of at least 4 members (excludes halogenated alkanes) is 5. The number of rotatable bonds is 10. The Morgan fingerprint density at radius 3 is 2.05 bits per heavy atom. The van der Waals surface area contributed by atoms with Crippen molar-refractivity contribution in [1.82, 2.24) is 5.32 Å². The number of guanidine groups is 1. The summed E-state index contributed by atoms with van der Waals surface area (Å²) in [4.78, 5) is 0. The van der Waals surface area contributed by atoms with Crippen LogP contribution in [0.1, 0.15) is 86.5 Å². The first kappa shape index (κ1) is 19.3. The van der Waals surface area contributed by atoms with E-state index in [-0.39, 0.29) is 16.9 Å². The Balaban J connectivity index is 4.22. The van der Waals surface area contributed by atoms with Gasteiger partial charge in [0.15, 0.2) is 5.96 Å². The fraction of sp³-hybridized carbons (Fsp3) is 0.941. The largest absolute Gasteiger partial charge is 0.370 e. The van der Waals surface area contributed by atoms with Crippen LogP contribution in [0, 0.1) is 16.7 Å². The van der Waals surface area contributed by atoms with Crippen molar-refractivity contribution in [2.75, 3.05) is 0 Å². The number of nitrogens with two attached hydrogens (primary N) is 1. The number of hydrogen-bond donors (Lipinski definition) is 3. The van der Waals surface area contributed by atoms with Gasteiger partial charge >= 0.3 is 0 Å². The van der Waals surface area contributed by atoms with E-state index in [1.54, 1.807) is 0 Å². The summed E-state index contributed by atoms with van der Waals surface area (Å²) in [5.41, 5.74) is 5.45. The summed E-state index contributed by atoms with van der Waals surface area (Å²) < 4.78 is 0. The second-order valence-electron chi connectivity index (χ2n) is 7.34. The first-order valence-corrected chi connectivity index (χ1v) is 8.27. The highest BCUT2D eigenvalue weighted by atomic mass is 15.1. The zero-order valence-corrected chi connectivity index (χ0v) is 14.6. The van der Waals surface area contributed by atoms with Gasteiger partial charge in [-0.2, -0.15) is 0 Å². The lowest BCUT2D eigenvalue weighted by Gasteiger charge is -2.46. The van der Waals surface area contributed by atoms with Crippen LogP contribution in [0.5, 0.6) is 0 Å². The van der Waals surface area contributed by atoms with Crippen LogP contribution in [-0.4, -0.2) is 11.5 Å². The van der Waals surface area contributed by atoms with E-state index < -0.39 is 0 Å². The molecule has 20 heavy (non-hydrogen) atoms. The third-order valence-corrected chi connectivity index (χ3v) is 5.28. The Bertz CT molecular complexity index is 282. The van der Waals surface area contributed by atoms with Crippen molar-refractivity contribution in [2.45, 2.75) is 92.0 Å². The average Bonchev–Trinajstić information content (AvgIpc) is 2.31. The summed E-state index contributed by atoms with van der Waals surface area (Å²) in [6.07, 6.45) is 9.35. The van der Waals surface area contributed by atoms with Crippen molar-refractivity contribution < 1.29 is 0 Å². The van der Waals surface area contributed by atoms with Gasteiger partial charge in [-0.1, -0.05) is 72.6 Å². The average molecular weight is 284 g/mol. The van der Waals surface area contributed by atoms with Gasteiger partial charge in [-0.25, -0.2) is 0 Å². The molecular formula is C17H37N3. The molecule has 3 heteroatoms. The second kappa shape index (κ2) is 8.53. The fourth-order valence-corrected chi connectivity index (χ4v) is 2.71. The summed E-state index contributed by atoms with van der Waals surface area (Å²) in [6.45, 7) is 13.4. The van der Waals surface area contributed by atoms with E-state index in [1.807, 2.05) is 0 Å². The Labute approximate surface area is 126 Å². The SMILES string of the molecule is CCCCCCCCC(C)C(C)(C)C(C)(C)NC(=N)N. The normalized spacial score (nSPS) is 14.1. The molecule has 4 N–H and O–H groups in total. The summed E-state index contributed by atoms with van der Waals surface area (Å²) in [5.74, 6) is 0.672. The fourth-order valence-electron chi connectivity index (χ4n) is 2.71. The zero-order valence-electron chi connectivity index (χ0n) is 14.6. The minimum atomic E-state index is -0.166.